The van der Waals surface area contributed by atoms with Crippen LogP contribution in [0.5, 0.6) is 0 Å². The summed E-state index contributed by atoms with van der Waals surface area (Å²) in [5, 5.41) is 10.5. The van der Waals surface area contributed by atoms with Crippen LogP contribution in [-0.2, 0) is 0 Å². The highest BCUT2D eigenvalue weighted by Crippen LogP contribution is 2.17. The minimum absolute atomic E-state index is 0.0466. The smallest absolute Gasteiger partial charge is 0.0899 e. The van der Waals surface area contributed by atoms with Crippen LogP contribution in [0.15, 0.2) is 48.7 Å². The molecule has 1 aromatic carbocycles. The largest absolute Gasteiger partial charge is 0.543 e. The van der Waals surface area contributed by atoms with Crippen molar-refractivity contribution in [2.75, 3.05) is 0 Å². The average molecular weight is 198 g/mol. The Morgan fingerprint density at radius 2 is 1.73 bits per heavy atom. The van der Waals surface area contributed by atoms with Crippen molar-refractivity contribution in [3.8, 4) is 11.1 Å². The zero-order chi connectivity index (χ0) is 10.7. The number of nitrogens with zero attached hydrogens (tertiary/aromatic N) is 1. The maximum absolute atomic E-state index is 10.5. The Labute approximate surface area is 87.0 Å². The summed E-state index contributed by atoms with van der Waals surface area (Å²) in [4.78, 5) is 14.3. The van der Waals surface area contributed by atoms with Crippen molar-refractivity contribution < 1.29 is 9.90 Å². The summed E-state index contributed by atoms with van der Waals surface area (Å²) < 4.78 is 0. The van der Waals surface area contributed by atoms with Crippen molar-refractivity contribution >= 4 is 5.97 Å². The normalized spacial score (nSPS) is 9.87. The van der Waals surface area contributed by atoms with Crippen molar-refractivity contribution in [3.05, 3.63) is 54.4 Å². The number of carbonyl (C=O) groups is 1. The third-order valence-corrected chi connectivity index (χ3v) is 2.08. The fourth-order valence-corrected chi connectivity index (χ4v) is 1.32. The second kappa shape index (κ2) is 3.92. The topological polar surface area (TPSA) is 53.0 Å². The number of rotatable bonds is 2. The first-order chi connectivity index (χ1) is 7.27. The number of hydrogen-bond donors (Lipinski definition) is 0. The minimum atomic E-state index is -1.25. The summed E-state index contributed by atoms with van der Waals surface area (Å²) in [6.07, 6.45) is 1.53. The van der Waals surface area contributed by atoms with Gasteiger partial charge in [-0.15, -0.1) is 0 Å². The molecule has 0 aliphatic rings. The molecule has 0 aliphatic carbocycles. The fraction of sp³-hybridized carbons (Fsp3) is 0. The predicted molar refractivity (Wildman–Crippen MR) is 54.0 cm³/mol. The van der Waals surface area contributed by atoms with Gasteiger partial charge in [-0.1, -0.05) is 36.4 Å². The van der Waals surface area contributed by atoms with Crippen LogP contribution in [0.1, 0.15) is 10.5 Å². The molecule has 0 fully saturated rings. The number of hydrogen-bond acceptors (Lipinski definition) is 3. The molecule has 0 unspecified atom stereocenters. The maximum atomic E-state index is 10.5. The van der Waals surface area contributed by atoms with E-state index in [4.69, 9.17) is 0 Å². The van der Waals surface area contributed by atoms with E-state index in [0.717, 1.165) is 11.1 Å². The molecule has 0 saturated heterocycles. The number of carboxylic acid groups (broad SMARTS) is 1. The summed E-state index contributed by atoms with van der Waals surface area (Å²) in [7, 11) is 0. The average Bonchev–Trinajstić information content (AvgIpc) is 2.30. The van der Waals surface area contributed by atoms with Crippen molar-refractivity contribution in [2.24, 2.45) is 0 Å². The van der Waals surface area contributed by atoms with Gasteiger partial charge in [0.15, 0.2) is 0 Å². The maximum Gasteiger partial charge on any atom is 0.0899 e. The molecule has 0 bridgehead atoms. The zero-order valence-electron chi connectivity index (χ0n) is 7.88. The Balaban J connectivity index is 2.36. The van der Waals surface area contributed by atoms with E-state index in [-0.39, 0.29) is 5.69 Å². The van der Waals surface area contributed by atoms with E-state index >= 15 is 0 Å². The first kappa shape index (κ1) is 9.40. The summed E-state index contributed by atoms with van der Waals surface area (Å²) >= 11 is 0. The molecule has 0 radical (unpaired) electrons. The highest BCUT2D eigenvalue weighted by Gasteiger charge is 1.98. The van der Waals surface area contributed by atoms with E-state index < -0.39 is 5.97 Å². The lowest BCUT2D eigenvalue weighted by atomic mass is 10.1. The molecule has 74 valence electrons. The van der Waals surface area contributed by atoms with Gasteiger partial charge < -0.3 is 9.90 Å². The molecule has 15 heavy (non-hydrogen) atoms. The van der Waals surface area contributed by atoms with Gasteiger partial charge in [0.05, 0.1) is 11.7 Å². The van der Waals surface area contributed by atoms with Crippen LogP contribution < -0.4 is 5.11 Å². The third kappa shape index (κ3) is 2.02. The first-order valence-corrected chi connectivity index (χ1v) is 4.50. The predicted octanol–water partition coefficient (Wildman–Crippen LogP) is 1.11. The molecule has 0 N–H and O–H groups in total. The van der Waals surface area contributed by atoms with Crippen molar-refractivity contribution in [3.63, 3.8) is 0 Å². The first-order valence-electron chi connectivity index (χ1n) is 4.50. The molecule has 0 aliphatic heterocycles. The molecule has 2 aromatic rings. The number of aromatic carboxylic acids is 1. The van der Waals surface area contributed by atoms with Gasteiger partial charge in [0.2, 0.25) is 0 Å². The fourth-order valence-electron chi connectivity index (χ4n) is 1.32. The Bertz CT molecular complexity index is 463. The van der Waals surface area contributed by atoms with E-state index in [2.05, 4.69) is 4.98 Å². The Kier molecular flexibility index (Phi) is 2.46. The van der Waals surface area contributed by atoms with Gasteiger partial charge in [0, 0.05) is 11.8 Å². The Morgan fingerprint density at radius 1 is 1.00 bits per heavy atom. The number of carbonyl (C=O) groups excluding carboxylic acids is 1. The highest BCUT2D eigenvalue weighted by molar-refractivity contribution is 5.83. The second-order valence-electron chi connectivity index (χ2n) is 3.09. The van der Waals surface area contributed by atoms with Crippen LogP contribution in [0.3, 0.4) is 0 Å². The van der Waals surface area contributed by atoms with Gasteiger partial charge in [-0.3, -0.25) is 4.98 Å². The standard InChI is InChI=1S/C12H9NO2/c14-12(15)11-7-6-10(8-13-11)9-4-2-1-3-5-9/h1-8H,(H,14,15)/p-1. The summed E-state index contributed by atoms with van der Waals surface area (Å²) in [6.45, 7) is 0. The Hall–Kier alpha value is -2.16. The molecule has 0 spiro atoms. The summed E-state index contributed by atoms with van der Waals surface area (Å²) in [6, 6.07) is 12.8. The van der Waals surface area contributed by atoms with E-state index in [0.29, 0.717) is 0 Å². The van der Waals surface area contributed by atoms with Crippen LogP contribution >= 0.6 is 0 Å². The van der Waals surface area contributed by atoms with E-state index in [1.165, 1.54) is 12.3 Å². The molecule has 1 heterocycles. The molecule has 0 saturated carbocycles. The number of benzene rings is 1. The number of carboxylic acids is 1. The van der Waals surface area contributed by atoms with Gasteiger partial charge in [0.1, 0.15) is 0 Å². The number of aromatic nitrogens is 1. The molecule has 0 atom stereocenters. The molecule has 2 rings (SSSR count). The van der Waals surface area contributed by atoms with Gasteiger partial charge in [-0.2, -0.15) is 0 Å². The number of pyridine rings is 1. The second-order valence-corrected chi connectivity index (χ2v) is 3.09. The van der Waals surface area contributed by atoms with E-state index in [9.17, 15) is 9.90 Å². The molecule has 0 amide bonds. The van der Waals surface area contributed by atoms with Crippen LogP contribution in [0.2, 0.25) is 0 Å². The quantitative estimate of drug-likeness (QED) is 0.726. The van der Waals surface area contributed by atoms with Gasteiger partial charge in [-0.05, 0) is 11.6 Å². The lowest BCUT2D eigenvalue weighted by molar-refractivity contribution is -0.255. The van der Waals surface area contributed by atoms with Crippen LogP contribution in [0, 0.1) is 0 Å². The van der Waals surface area contributed by atoms with Crippen LogP contribution in [0.4, 0.5) is 0 Å². The minimum Gasteiger partial charge on any atom is -0.543 e. The molecular weight excluding hydrogens is 190 g/mol. The molecule has 3 nitrogen and oxygen atoms in total. The molecule has 1 aromatic heterocycles. The SMILES string of the molecule is O=C([O-])c1ccc(-c2ccccc2)cn1. The Morgan fingerprint density at radius 3 is 2.27 bits per heavy atom. The van der Waals surface area contributed by atoms with Crippen molar-refractivity contribution in [1.82, 2.24) is 4.98 Å². The van der Waals surface area contributed by atoms with E-state index in [1.54, 1.807) is 6.07 Å². The van der Waals surface area contributed by atoms with Gasteiger partial charge in [-0.25, -0.2) is 0 Å². The lowest BCUT2D eigenvalue weighted by Crippen LogP contribution is -2.23. The van der Waals surface area contributed by atoms with Gasteiger partial charge in [0.25, 0.3) is 0 Å². The van der Waals surface area contributed by atoms with Crippen molar-refractivity contribution in [1.29, 1.82) is 0 Å². The van der Waals surface area contributed by atoms with Crippen molar-refractivity contribution in [2.45, 2.75) is 0 Å². The van der Waals surface area contributed by atoms with Crippen LogP contribution in [0.25, 0.3) is 11.1 Å². The van der Waals surface area contributed by atoms with Crippen LogP contribution in [-0.4, -0.2) is 11.0 Å². The zero-order valence-corrected chi connectivity index (χ0v) is 7.88. The molecule has 3 heteroatoms. The molecular formula is C12H8NO2-. The summed E-state index contributed by atoms with van der Waals surface area (Å²) in [5.74, 6) is -1.25. The lowest BCUT2D eigenvalue weighted by Gasteiger charge is -2.03. The summed E-state index contributed by atoms with van der Waals surface area (Å²) in [5.41, 5.74) is 1.85. The highest BCUT2D eigenvalue weighted by atomic mass is 16.4. The van der Waals surface area contributed by atoms with E-state index in [1.807, 2.05) is 30.3 Å². The monoisotopic (exact) mass is 198 g/mol. The third-order valence-electron chi connectivity index (χ3n) is 2.08. The van der Waals surface area contributed by atoms with Gasteiger partial charge >= 0.3 is 0 Å².